The summed E-state index contributed by atoms with van der Waals surface area (Å²) in [7, 11) is 0. The second-order valence-electron chi connectivity index (χ2n) is 4.99. The summed E-state index contributed by atoms with van der Waals surface area (Å²) in [4.78, 5) is 9.89. The van der Waals surface area contributed by atoms with Crippen LogP contribution >= 0.6 is 0 Å². The van der Waals surface area contributed by atoms with Crippen LogP contribution in [0.5, 0.6) is 0 Å². The van der Waals surface area contributed by atoms with Crippen molar-refractivity contribution in [1.29, 1.82) is 0 Å². The zero-order valence-corrected chi connectivity index (χ0v) is 13.5. The molecule has 2 heteroatoms. The first-order valence-corrected chi connectivity index (χ1v) is 8.22. The third kappa shape index (κ3) is 25.7. The Kier molecular flexibility index (Phi) is 24.5. The summed E-state index contributed by atoms with van der Waals surface area (Å²) in [5.74, 6) is 0. The zero-order chi connectivity index (χ0) is 15.3. The average molecular weight is 282 g/mol. The fourth-order valence-corrected chi connectivity index (χ4v) is 1.74. The molecule has 0 radical (unpaired) electrons. The van der Waals surface area contributed by atoms with Gasteiger partial charge in [0.2, 0.25) is 0 Å². The molecule has 0 aliphatic heterocycles. The van der Waals surface area contributed by atoms with Gasteiger partial charge in [-0.15, -0.1) is 0 Å². The van der Waals surface area contributed by atoms with E-state index in [1.54, 1.807) is 6.08 Å². The summed E-state index contributed by atoms with van der Waals surface area (Å²) >= 11 is 0. The van der Waals surface area contributed by atoms with Crippen LogP contribution in [-0.2, 0) is 4.79 Å². The lowest BCUT2D eigenvalue weighted by molar-refractivity contribution is -0.107. The molecule has 0 aliphatic carbocycles. The quantitative estimate of drug-likeness (QED) is 0.202. The summed E-state index contributed by atoms with van der Waals surface area (Å²) in [6.45, 7) is 4.41. The van der Waals surface area contributed by atoms with Gasteiger partial charge >= 0.3 is 0 Å². The van der Waals surface area contributed by atoms with Gasteiger partial charge < -0.3 is 9.90 Å². The van der Waals surface area contributed by atoms with E-state index in [1.807, 2.05) is 6.08 Å². The van der Waals surface area contributed by atoms with E-state index in [0.717, 1.165) is 31.8 Å². The van der Waals surface area contributed by atoms with E-state index in [1.165, 1.54) is 51.4 Å². The van der Waals surface area contributed by atoms with Crippen LogP contribution in [0, 0.1) is 0 Å². The molecule has 0 rings (SSSR count). The molecule has 0 atom stereocenters. The van der Waals surface area contributed by atoms with E-state index in [4.69, 9.17) is 5.11 Å². The molecule has 0 spiro atoms. The van der Waals surface area contributed by atoms with E-state index < -0.39 is 0 Å². The number of carbonyl (C=O) groups excluding carboxylic acids is 1. The lowest BCUT2D eigenvalue weighted by Gasteiger charge is -1.95. The Bertz CT molecular complexity index is 219. The number of carbonyl (C=O) groups is 1. The average Bonchev–Trinajstić information content (AvgIpc) is 2.47. The first-order valence-electron chi connectivity index (χ1n) is 8.22. The minimum atomic E-state index is 0.756. The van der Waals surface area contributed by atoms with Crippen molar-refractivity contribution in [2.24, 2.45) is 0 Å². The van der Waals surface area contributed by atoms with Crippen LogP contribution < -0.4 is 0 Å². The molecule has 0 bridgehead atoms. The monoisotopic (exact) mass is 282 g/mol. The summed E-state index contributed by atoms with van der Waals surface area (Å²) < 4.78 is 0. The van der Waals surface area contributed by atoms with Crippen LogP contribution in [0.15, 0.2) is 24.5 Å². The van der Waals surface area contributed by atoms with Gasteiger partial charge in [0.15, 0.2) is 0 Å². The molecule has 0 aromatic carbocycles. The summed E-state index contributed by atoms with van der Waals surface area (Å²) in [6.07, 6.45) is 21.0. The van der Waals surface area contributed by atoms with Gasteiger partial charge in [-0.05, 0) is 25.3 Å². The minimum absolute atomic E-state index is 0.756. The SMILES string of the molecule is CCCCC/C=C/C=C/O.CCCCCCCCC=O. The molecule has 0 amide bonds. The Labute approximate surface area is 126 Å². The standard InChI is InChI=1S/C9H18O.C9H16O/c2*1-2-3-4-5-6-7-8-9-10/h9H,2-8H2,1H3;6-10H,2-5H2,1H3/b;7-6+,9-8+. The Morgan fingerprint density at radius 2 is 1.30 bits per heavy atom. The second kappa shape index (κ2) is 23.1. The highest BCUT2D eigenvalue weighted by atomic mass is 16.2. The first-order chi connectivity index (χ1) is 9.83. The topological polar surface area (TPSA) is 37.3 Å². The number of hydrogen-bond acceptors (Lipinski definition) is 2. The second-order valence-corrected chi connectivity index (χ2v) is 4.99. The van der Waals surface area contributed by atoms with E-state index >= 15 is 0 Å². The maximum Gasteiger partial charge on any atom is 0.119 e. The molecular formula is C18H34O2. The maximum absolute atomic E-state index is 9.89. The lowest BCUT2D eigenvalue weighted by atomic mass is 10.1. The fourth-order valence-electron chi connectivity index (χ4n) is 1.74. The van der Waals surface area contributed by atoms with Crippen molar-refractivity contribution in [3.63, 3.8) is 0 Å². The van der Waals surface area contributed by atoms with Crippen molar-refractivity contribution < 1.29 is 9.90 Å². The largest absolute Gasteiger partial charge is 0.516 e. The van der Waals surface area contributed by atoms with Gasteiger partial charge in [0.25, 0.3) is 0 Å². The van der Waals surface area contributed by atoms with Gasteiger partial charge in [-0.3, -0.25) is 0 Å². The number of aliphatic hydroxyl groups is 1. The summed E-state index contributed by atoms with van der Waals surface area (Å²) in [5, 5.41) is 8.24. The number of allylic oxidation sites excluding steroid dienone is 3. The summed E-state index contributed by atoms with van der Waals surface area (Å²) in [6, 6.07) is 0. The molecule has 0 fully saturated rings. The van der Waals surface area contributed by atoms with Crippen LogP contribution in [0.2, 0.25) is 0 Å². The molecule has 0 aliphatic rings. The lowest BCUT2D eigenvalue weighted by Crippen LogP contribution is -1.79. The van der Waals surface area contributed by atoms with Gasteiger partial charge in [0, 0.05) is 6.42 Å². The van der Waals surface area contributed by atoms with Gasteiger partial charge in [-0.25, -0.2) is 0 Å². The molecule has 2 nitrogen and oxygen atoms in total. The molecule has 0 unspecified atom stereocenters. The van der Waals surface area contributed by atoms with Gasteiger partial charge in [0.1, 0.15) is 6.29 Å². The minimum Gasteiger partial charge on any atom is -0.516 e. The van der Waals surface area contributed by atoms with Crippen molar-refractivity contribution in [3.05, 3.63) is 24.5 Å². The highest BCUT2D eigenvalue weighted by Crippen LogP contribution is 2.05. The number of rotatable bonds is 12. The maximum atomic E-state index is 9.89. The summed E-state index contributed by atoms with van der Waals surface area (Å²) in [5.41, 5.74) is 0. The molecule has 0 heterocycles. The number of hydrogen-bond donors (Lipinski definition) is 1. The molecule has 20 heavy (non-hydrogen) atoms. The molecule has 118 valence electrons. The number of unbranched alkanes of at least 4 members (excludes halogenated alkanes) is 9. The van der Waals surface area contributed by atoms with Crippen molar-refractivity contribution >= 4 is 6.29 Å². The van der Waals surface area contributed by atoms with Crippen molar-refractivity contribution in [1.82, 2.24) is 0 Å². The first kappa shape index (κ1) is 21.3. The van der Waals surface area contributed by atoms with Crippen LogP contribution in [0.25, 0.3) is 0 Å². The van der Waals surface area contributed by atoms with E-state index in [9.17, 15) is 4.79 Å². The van der Waals surface area contributed by atoms with Crippen molar-refractivity contribution in [2.75, 3.05) is 0 Å². The highest BCUT2D eigenvalue weighted by molar-refractivity contribution is 5.48. The van der Waals surface area contributed by atoms with Crippen LogP contribution in [0.4, 0.5) is 0 Å². The van der Waals surface area contributed by atoms with E-state index in [-0.39, 0.29) is 0 Å². The fraction of sp³-hybridized carbons (Fsp3) is 0.722. The Hall–Kier alpha value is -1.05. The zero-order valence-electron chi connectivity index (χ0n) is 13.5. The number of aliphatic hydroxyl groups excluding tert-OH is 1. The molecule has 0 aromatic heterocycles. The van der Waals surface area contributed by atoms with Gasteiger partial charge in [-0.2, -0.15) is 0 Å². The van der Waals surface area contributed by atoms with Crippen LogP contribution in [-0.4, -0.2) is 11.4 Å². The van der Waals surface area contributed by atoms with Crippen LogP contribution in [0.1, 0.15) is 84.5 Å². The third-order valence-corrected chi connectivity index (χ3v) is 2.98. The normalized spacial score (nSPS) is 10.7. The Morgan fingerprint density at radius 1 is 0.750 bits per heavy atom. The van der Waals surface area contributed by atoms with Crippen molar-refractivity contribution in [3.8, 4) is 0 Å². The smallest absolute Gasteiger partial charge is 0.119 e. The highest BCUT2D eigenvalue weighted by Gasteiger charge is 1.87. The van der Waals surface area contributed by atoms with E-state index in [2.05, 4.69) is 19.9 Å². The predicted molar refractivity (Wildman–Crippen MR) is 89.1 cm³/mol. The Morgan fingerprint density at radius 3 is 1.90 bits per heavy atom. The van der Waals surface area contributed by atoms with Gasteiger partial charge in [0.05, 0.1) is 6.26 Å². The molecule has 1 N–H and O–H groups in total. The van der Waals surface area contributed by atoms with Crippen LogP contribution in [0.3, 0.4) is 0 Å². The molecule has 0 saturated heterocycles. The molecular weight excluding hydrogens is 248 g/mol. The Balaban J connectivity index is 0. The molecule has 0 aromatic rings. The van der Waals surface area contributed by atoms with Gasteiger partial charge in [-0.1, -0.05) is 70.9 Å². The number of aldehydes is 1. The van der Waals surface area contributed by atoms with Crippen molar-refractivity contribution in [2.45, 2.75) is 84.5 Å². The predicted octanol–water partition coefficient (Wildman–Crippen LogP) is 6.13. The third-order valence-electron chi connectivity index (χ3n) is 2.98. The molecule has 0 saturated carbocycles. The van der Waals surface area contributed by atoms with E-state index in [0.29, 0.717) is 0 Å².